The molecule has 1 heterocycles. The van der Waals surface area contributed by atoms with Crippen LogP contribution in [-0.2, 0) is 13.6 Å². The zero-order valence-electron chi connectivity index (χ0n) is 14.2. The number of amides is 2. The first-order valence-corrected chi connectivity index (χ1v) is 7.65. The van der Waals surface area contributed by atoms with E-state index < -0.39 is 0 Å². The minimum atomic E-state index is -0.0864. The molecule has 0 saturated heterocycles. The standard InChI is InChI=1S/C17H25N5O/c1-20(2)16(15-8-6-5-7-9-15)11-18-17(23)21(3)12-14-10-19-22(4)13-14/h5-10,13,16H,11-12H2,1-4H3,(H,18,23). The molecule has 0 aliphatic rings. The molecule has 0 aliphatic carbocycles. The number of nitrogens with one attached hydrogen (secondary N) is 1. The smallest absolute Gasteiger partial charge is 0.317 e. The highest BCUT2D eigenvalue weighted by Crippen LogP contribution is 2.16. The maximum absolute atomic E-state index is 12.3. The number of nitrogens with zero attached hydrogens (tertiary/aromatic N) is 4. The molecular weight excluding hydrogens is 290 g/mol. The lowest BCUT2D eigenvalue weighted by Crippen LogP contribution is -2.41. The summed E-state index contributed by atoms with van der Waals surface area (Å²) in [7, 11) is 7.69. The zero-order valence-corrected chi connectivity index (χ0v) is 14.2. The van der Waals surface area contributed by atoms with E-state index in [1.807, 2.05) is 45.5 Å². The fourth-order valence-corrected chi connectivity index (χ4v) is 2.49. The summed E-state index contributed by atoms with van der Waals surface area (Å²) in [4.78, 5) is 16.1. The number of hydrogen-bond acceptors (Lipinski definition) is 3. The molecule has 23 heavy (non-hydrogen) atoms. The number of hydrogen-bond donors (Lipinski definition) is 1. The van der Waals surface area contributed by atoms with Crippen LogP contribution in [0.25, 0.3) is 0 Å². The van der Waals surface area contributed by atoms with Crippen LogP contribution in [0.5, 0.6) is 0 Å². The molecule has 124 valence electrons. The number of carbonyl (C=O) groups is 1. The Kier molecular flexibility index (Phi) is 5.76. The largest absolute Gasteiger partial charge is 0.336 e. The number of carbonyl (C=O) groups excluding carboxylic acids is 1. The Balaban J connectivity index is 1.91. The van der Waals surface area contributed by atoms with Crippen LogP contribution in [0.3, 0.4) is 0 Å². The Hall–Kier alpha value is -2.34. The lowest BCUT2D eigenvalue weighted by molar-refractivity contribution is 0.200. The summed E-state index contributed by atoms with van der Waals surface area (Å²) in [6, 6.07) is 10.2. The third kappa shape index (κ3) is 4.82. The van der Waals surface area contributed by atoms with E-state index in [0.29, 0.717) is 13.1 Å². The fraction of sp³-hybridized carbons (Fsp3) is 0.412. The van der Waals surface area contributed by atoms with Crippen LogP contribution in [0.15, 0.2) is 42.7 Å². The van der Waals surface area contributed by atoms with Gasteiger partial charge in [-0.15, -0.1) is 0 Å². The van der Waals surface area contributed by atoms with Gasteiger partial charge < -0.3 is 15.1 Å². The lowest BCUT2D eigenvalue weighted by atomic mass is 10.1. The first-order chi connectivity index (χ1) is 11.0. The van der Waals surface area contributed by atoms with Gasteiger partial charge in [-0.05, 0) is 19.7 Å². The van der Waals surface area contributed by atoms with E-state index in [1.165, 1.54) is 5.56 Å². The summed E-state index contributed by atoms with van der Waals surface area (Å²) in [5.74, 6) is 0. The molecule has 0 bridgehead atoms. The van der Waals surface area contributed by atoms with Gasteiger partial charge in [-0.25, -0.2) is 4.79 Å². The number of rotatable bonds is 6. The van der Waals surface area contributed by atoms with Crippen LogP contribution >= 0.6 is 0 Å². The molecule has 2 amide bonds. The summed E-state index contributed by atoms with van der Waals surface area (Å²) in [5, 5.41) is 7.13. The second-order valence-electron chi connectivity index (χ2n) is 5.95. The molecule has 1 unspecified atom stereocenters. The zero-order chi connectivity index (χ0) is 16.8. The van der Waals surface area contributed by atoms with Gasteiger partial charge in [0.25, 0.3) is 0 Å². The third-order valence-corrected chi connectivity index (χ3v) is 3.78. The highest BCUT2D eigenvalue weighted by molar-refractivity contribution is 5.73. The maximum Gasteiger partial charge on any atom is 0.317 e. The molecule has 2 aromatic rings. The molecule has 0 spiro atoms. The quantitative estimate of drug-likeness (QED) is 0.885. The Morgan fingerprint density at radius 3 is 2.52 bits per heavy atom. The van der Waals surface area contributed by atoms with Gasteiger partial charge in [0.2, 0.25) is 0 Å². The molecule has 0 aliphatic heterocycles. The normalized spacial score (nSPS) is 12.2. The van der Waals surface area contributed by atoms with Crippen molar-refractivity contribution in [1.29, 1.82) is 0 Å². The van der Waals surface area contributed by atoms with Crippen molar-refractivity contribution in [2.75, 3.05) is 27.7 Å². The van der Waals surface area contributed by atoms with Gasteiger partial charge in [-0.1, -0.05) is 30.3 Å². The summed E-state index contributed by atoms with van der Waals surface area (Å²) < 4.78 is 1.73. The van der Waals surface area contributed by atoms with Crippen molar-refractivity contribution in [2.24, 2.45) is 7.05 Å². The molecule has 6 nitrogen and oxygen atoms in total. The molecule has 1 aromatic carbocycles. The van der Waals surface area contributed by atoms with Crippen LogP contribution in [0.2, 0.25) is 0 Å². The van der Waals surface area contributed by atoms with E-state index in [9.17, 15) is 4.79 Å². The molecule has 0 fully saturated rings. The van der Waals surface area contributed by atoms with Crippen molar-refractivity contribution in [2.45, 2.75) is 12.6 Å². The Bertz CT molecular complexity index is 623. The van der Waals surface area contributed by atoms with Crippen molar-refractivity contribution in [1.82, 2.24) is 24.9 Å². The third-order valence-electron chi connectivity index (χ3n) is 3.78. The highest BCUT2D eigenvalue weighted by atomic mass is 16.2. The predicted octanol–water partition coefficient (Wildman–Crippen LogP) is 1.86. The van der Waals surface area contributed by atoms with Gasteiger partial charge in [0.05, 0.1) is 18.8 Å². The van der Waals surface area contributed by atoms with Crippen molar-refractivity contribution >= 4 is 6.03 Å². The van der Waals surface area contributed by atoms with E-state index in [0.717, 1.165) is 5.56 Å². The minimum absolute atomic E-state index is 0.0864. The molecule has 2 rings (SSSR count). The van der Waals surface area contributed by atoms with E-state index in [1.54, 1.807) is 22.8 Å². The van der Waals surface area contributed by atoms with Crippen LogP contribution in [0, 0.1) is 0 Å². The van der Waals surface area contributed by atoms with Crippen LogP contribution in [-0.4, -0.2) is 53.3 Å². The Labute approximate surface area is 137 Å². The second-order valence-corrected chi connectivity index (χ2v) is 5.95. The van der Waals surface area contributed by atoms with Crippen molar-refractivity contribution in [3.8, 4) is 0 Å². The Morgan fingerprint density at radius 1 is 1.26 bits per heavy atom. The first kappa shape index (κ1) is 17.0. The first-order valence-electron chi connectivity index (χ1n) is 7.65. The van der Waals surface area contributed by atoms with Crippen molar-refractivity contribution < 1.29 is 4.79 Å². The van der Waals surface area contributed by atoms with E-state index in [4.69, 9.17) is 0 Å². The maximum atomic E-state index is 12.3. The lowest BCUT2D eigenvalue weighted by Gasteiger charge is -2.26. The minimum Gasteiger partial charge on any atom is -0.336 e. The Morgan fingerprint density at radius 2 is 1.96 bits per heavy atom. The summed E-state index contributed by atoms with van der Waals surface area (Å²) in [6.07, 6.45) is 3.69. The van der Waals surface area contributed by atoms with E-state index in [2.05, 4.69) is 27.4 Å². The van der Waals surface area contributed by atoms with Gasteiger partial charge in [0.1, 0.15) is 0 Å². The second kappa shape index (κ2) is 7.78. The number of likely N-dealkylation sites (N-methyl/N-ethyl adjacent to an activating group) is 1. The summed E-state index contributed by atoms with van der Waals surface area (Å²) in [5.41, 5.74) is 2.20. The van der Waals surface area contributed by atoms with Gasteiger partial charge in [-0.2, -0.15) is 5.10 Å². The molecule has 1 N–H and O–H groups in total. The number of urea groups is 1. The summed E-state index contributed by atoms with van der Waals surface area (Å²) >= 11 is 0. The molecule has 0 saturated carbocycles. The topological polar surface area (TPSA) is 53.4 Å². The van der Waals surface area contributed by atoms with Crippen LogP contribution in [0.4, 0.5) is 4.79 Å². The monoisotopic (exact) mass is 315 g/mol. The van der Waals surface area contributed by atoms with Gasteiger partial charge >= 0.3 is 6.03 Å². The molecule has 1 atom stereocenters. The summed E-state index contributed by atoms with van der Waals surface area (Å²) in [6.45, 7) is 1.10. The average Bonchev–Trinajstić information content (AvgIpc) is 2.93. The number of benzene rings is 1. The number of aromatic nitrogens is 2. The molecule has 1 aromatic heterocycles. The average molecular weight is 315 g/mol. The van der Waals surface area contributed by atoms with E-state index >= 15 is 0 Å². The van der Waals surface area contributed by atoms with Crippen molar-refractivity contribution in [3.63, 3.8) is 0 Å². The van der Waals surface area contributed by atoms with Gasteiger partial charge in [0, 0.05) is 32.4 Å². The molecular formula is C17H25N5O. The SMILES string of the molecule is CN(Cc1cnn(C)c1)C(=O)NCC(c1ccccc1)N(C)C. The van der Waals surface area contributed by atoms with Crippen molar-refractivity contribution in [3.05, 3.63) is 53.9 Å². The van der Waals surface area contributed by atoms with Crippen LogP contribution < -0.4 is 5.32 Å². The molecule has 6 heteroatoms. The number of aryl methyl sites for hydroxylation is 1. The fourth-order valence-electron chi connectivity index (χ4n) is 2.49. The van der Waals surface area contributed by atoms with Gasteiger partial charge in [0.15, 0.2) is 0 Å². The molecule has 0 radical (unpaired) electrons. The van der Waals surface area contributed by atoms with Crippen LogP contribution in [0.1, 0.15) is 17.2 Å². The van der Waals surface area contributed by atoms with Gasteiger partial charge in [-0.3, -0.25) is 4.68 Å². The highest BCUT2D eigenvalue weighted by Gasteiger charge is 2.16. The van der Waals surface area contributed by atoms with E-state index in [-0.39, 0.29) is 12.1 Å². The predicted molar refractivity (Wildman–Crippen MR) is 90.9 cm³/mol.